The molecule has 0 radical (unpaired) electrons. The lowest BCUT2D eigenvalue weighted by Crippen LogP contribution is -2.35. The van der Waals surface area contributed by atoms with Gasteiger partial charge in [-0.2, -0.15) is 10.2 Å². The Bertz CT molecular complexity index is 1360. The van der Waals surface area contributed by atoms with Crippen molar-refractivity contribution in [2.75, 3.05) is 17.7 Å². The summed E-state index contributed by atoms with van der Waals surface area (Å²) in [6.07, 6.45) is 4.04. The zero-order chi connectivity index (χ0) is 22.6. The van der Waals surface area contributed by atoms with Crippen molar-refractivity contribution >= 4 is 23.1 Å². The molecule has 3 heterocycles. The highest BCUT2D eigenvalue weighted by atomic mass is 16.7. The normalized spacial score (nSPS) is 18.7. The number of carbonyl (C=O) groups is 1. The molecule has 0 unspecified atom stereocenters. The van der Waals surface area contributed by atoms with Gasteiger partial charge in [-0.3, -0.25) is 4.84 Å². The first kappa shape index (κ1) is 19.8. The van der Waals surface area contributed by atoms with Gasteiger partial charge in [0, 0.05) is 23.4 Å². The first-order chi connectivity index (χ1) is 16.0. The van der Waals surface area contributed by atoms with Gasteiger partial charge in [0.05, 0.1) is 18.2 Å². The van der Waals surface area contributed by atoms with Crippen LogP contribution in [0.2, 0.25) is 0 Å². The molecule has 1 aliphatic carbocycles. The topological polar surface area (TPSA) is 84.9 Å². The molecule has 1 spiro atoms. The molecule has 2 aromatic heterocycles. The van der Waals surface area contributed by atoms with Crippen LogP contribution in [0.1, 0.15) is 30.0 Å². The second-order valence-corrected chi connectivity index (χ2v) is 9.09. The van der Waals surface area contributed by atoms with E-state index in [2.05, 4.69) is 28.6 Å². The van der Waals surface area contributed by atoms with E-state index in [4.69, 9.17) is 10.6 Å². The van der Waals surface area contributed by atoms with Gasteiger partial charge in [0.25, 0.3) is 0 Å². The molecule has 2 aromatic carbocycles. The van der Waals surface area contributed by atoms with Crippen LogP contribution in [0.5, 0.6) is 0 Å². The molecule has 1 aliphatic heterocycles. The molecule has 33 heavy (non-hydrogen) atoms. The molecule has 2 fully saturated rings. The highest BCUT2D eigenvalue weighted by molar-refractivity contribution is 5.91. The maximum absolute atomic E-state index is 13.4. The highest BCUT2D eigenvalue weighted by Gasteiger charge is 2.59. The molecule has 2 amide bonds. The van der Waals surface area contributed by atoms with Crippen LogP contribution in [0, 0.1) is 12.3 Å². The molecule has 7 heteroatoms. The van der Waals surface area contributed by atoms with E-state index in [1.165, 1.54) is 5.06 Å². The number of benzene rings is 2. The summed E-state index contributed by atoms with van der Waals surface area (Å²) >= 11 is 0. The van der Waals surface area contributed by atoms with Crippen LogP contribution >= 0.6 is 0 Å². The van der Waals surface area contributed by atoms with Crippen molar-refractivity contribution in [2.45, 2.75) is 25.8 Å². The second-order valence-electron chi connectivity index (χ2n) is 9.09. The fourth-order valence-corrected chi connectivity index (χ4v) is 4.78. The van der Waals surface area contributed by atoms with E-state index < -0.39 is 0 Å². The number of aromatic nitrogens is 2. The summed E-state index contributed by atoms with van der Waals surface area (Å²) in [6.45, 7) is 2.57. The second kappa shape index (κ2) is 7.35. The van der Waals surface area contributed by atoms with E-state index in [1.807, 2.05) is 61.7 Å². The molecule has 0 bridgehead atoms. The van der Waals surface area contributed by atoms with Crippen molar-refractivity contribution in [3.8, 4) is 11.1 Å². The number of pyridine rings is 1. The van der Waals surface area contributed by atoms with E-state index in [0.29, 0.717) is 12.4 Å². The Morgan fingerprint density at radius 3 is 2.67 bits per heavy atom. The summed E-state index contributed by atoms with van der Waals surface area (Å²) in [7, 11) is 0. The Hall–Kier alpha value is -3.84. The Morgan fingerprint density at radius 1 is 1.09 bits per heavy atom. The predicted octanol–water partition coefficient (Wildman–Crippen LogP) is 5.19. The molecular weight excluding hydrogens is 414 g/mol. The monoisotopic (exact) mass is 439 g/mol. The highest BCUT2D eigenvalue weighted by Crippen LogP contribution is 2.61. The average molecular weight is 440 g/mol. The van der Waals surface area contributed by atoms with Crippen LogP contribution in [0.25, 0.3) is 16.6 Å². The fraction of sp³-hybridized carbons (Fsp3) is 0.231. The number of nitrogens with zero attached hydrogens (tertiary/aromatic N) is 3. The van der Waals surface area contributed by atoms with Gasteiger partial charge in [0.2, 0.25) is 0 Å². The Morgan fingerprint density at radius 2 is 1.88 bits per heavy atom. The SMILES string of the molecule is Cc1ccc(-c2ccn3nc(N)cc3c2)cc1NC(=O)N1OCC2(CC2)[C@H]1c1ccccc1. The third-order valence-corrected chi connectivity index (χ3v) is 6.81. The van der Waals surface area contributed by atoms with Gasteiger partial charge in [-0.05, 0) is 60.2 Å². The number of amides is 2. The van der Waals surface area contributed by atoms with Crippen molar-refractivity contribution in [1.29, 1.82) is 0 Å². The molecular formula is C26H25N5O2. The predicted molar refractivity (Wildman–Crippen MR) is 127 cm³/mol. The summed E-state index contributed by atoms with van der Waals surface area (Å²) in [4.78, 5) is 19.3. The van der Waals surface area contributed by atoms with Gasteiger partial charge in [0.1, 0.15) is 5.82 Å². The van der Waals surface area contributed by atoms with E-state index in [1.54, 1.807) is 4.52 Å². The smallest absolute Gasteiger partial charge is 0.346 e. The maximum Gasteiger partial charge on any atom is 0.346 e. The molecule has 1 atom stereocenters. The average Bonchev–Trinajstić information content (AvgIpc) is 3.34. The molecule has 3 N–H and O–H groups in total. The third kappa shape index (κ3) is 3.41. The molecule has 4 aromatic rings. The van der Waals surface area contributed by atoms with Gasteiger partial charge in [0.15, 0.2) is 0 Å². The standard InChI is InChI=1S/C26H25N5O2/c1-17-7-8-19(20-9-12-30-21(13-20)15-23(27)29-30)14-22(17)28-25(32)31-24(18-5-3-2-4-6-18)26(10-11-26)16-33-31/h2-9,12-15,24H,10-11,16H2,1H3,(H2,27,29)(H,28,32)/t24-/m1/s1. The zero-order valence-electron chi connectivity index (χ0n) is 18.4. The van der Waals surface area contributed by atoms with Gasteiger partial charge in [-0.1, -0.05) is 42.5 Å². The van der Waals surface area contributed by atoms with Crippen LogP contribution in [0.15, 0.2) is 72.9 Å². The summed E-state index contributed by atoms with van der Waals surface area (Å²) in [5.74, 6) is 0.482. The number of rotatable bonds is 3. The maximum atomic E-state index is 13.4. The van der Waals surface area contributed by atoms with Crippen LogP contribution in [0.4, 0.5) is 16.3 Å². The lowest BCUT2D eigenvalue weighted by molar-refractivity contribution is -0.0829. The van der Waals surface area contributed by atoms with E-state index in [9.17, 15) is 4.79 Å². The summed E-state index contributed by atoms with van der Waals surface area (Å²) in [5.41, 5.74) is 11.7. The van der Waals surface area contributed by atoms with E-state index in [0.717, 1.165) is 46.3 Å². The van der Waals surface area contributed by atoms with Crippen LogP contribution in [-0.2, 0) is 4.84 Å². The van der Waals surface area contributed by atoms with Crippen molar-refractivity contribution in [3.63, 3.8) is 0 Å². The number of nitrogens with two attached hydrogens (primary N) is 1. The van der Waals surface area contributed by atoms with E-state index in [-0.39, 0.29) is 17.5 Å². The van der Waals surface area contributed by atoms with E-state index >= 15 is 0 Å². The molecule has 2 aliphatic rings. The molecule has 1 saturated carbocycles. The summed E-state index contributed by atoms with van der Waals surface area (Å²) in [5, 5.41) is 8.86. The van der Waals surface area contributed by atoms with Gasteiger partial charge in [-0.15, -0.1) is 0 Å². The van der Waals surface area contributed by atoms with Crippen molar-refractivity contribution in [3.05, 3.63) is 84.1 Å². The number of nitrogen functional groups attached to an aromatic ring is 1. The number of hydrogen-bond donors (Lipinski definition) is 2. The minimum Gasteiger partial charge on any atom is -0.382 e. The summed E-state index contributed by atoms with van der Waals surface area (Å²) < 4.78 is 1.75. The Labute approximate surface area is 191 Å². The van der Waals surface area contributed by atoms with Crippen LogP contribution in [0.3, 0.4) is 0 Å². The number of hydroxylamine groups is 2. The first-order valence-electron chi connectivity index (χ1n) is 11.2. The van der Waals surface area contributed by atoms with Crippen molar-refractivity contribution < 1.29 is 9.63 Å². The molecule has 6 rings (SSSR count). The third-order valence-electron chi connectivity index (χ3n) is 6.81. The number of aryl methyl sites for hydroxylation is 1. The van der Waals surface area contributed by atoms with Crippen molar-refractivity contribution in [1.82, 2.24) is 14.7 Å². The van der Waals surface area contributed by atoms with Gasteiger partial charge < -0.3 is 11.1 Å². The Balaban J connectivity index is 1.29. The lowest BCUT2D eigenvalue weighted by Gasteiger charge is -2.26. The number of anilines is 2. The summed E-state index contributed by atoms with van der Waals surface area (Å²) in [6, 6.07) is 21.8. The van der Waals surface area contributed by atoms with Gasteiger partial charge in [-0.25, -0.2) is 9.31 Å². The zero-order valence-corrected chi connectivity index (χ0v) is 18.4. The number of fused-ring (bicyclic) bond motifs is 1. The first-order valence-corrected chi connectivity index (χ1v) is 11.2. The van der Waals surface area contributed by atoms with Crippen LogP contribution in [-0.4, -0.2) is 27.3 Å². The number of nitrogens with one attached hydrogen (secondary N) is 1. The van der Waals surface area contributed by atoms with Crippen LogP contribution < -0.4 is 11.1 Å². The number of carbonyl (C=O) groups excluding carboxylic acids is 1. The quantitative estimate of drug-likeness (QED) is 0.460. The lowest BCUT2D eigenvalue weighted by atomic mass is 9.91. The largest absolute Gasteiger partial charge is 0.382 e. The Kier molecular flexibility index (Phi) is 4.41. The fourth-order valence-electron chi connectivity index (χ4n) is 4.78. The number of hydrogen-bond acceptors (Lipinski definition) is 4. The molecule has 166 valence electrons. The molecule has 7 nitrogen and oxygen atoms in total. The van der Waals surface area contributed by atoms with Crippen molar-refractivity contribution in [2.24, 2.45) is 5.41 Å². The minimum atomic E-state index is -0.244. The molecule has 1 saturated heterocycles. The van der Waals surface area contributed by atoms with Gasteiger partial charge >= 0.3 is 6.03 Å². The minimum absolute atomic E-state index is 0.0398. The number of urea groups is 1.